The fourth-order valence-electron chi connectivity index (χ4n) is 1.33. The second-order valence-electron chi connectivity index (χ2n) is 3.81. The van der Waals surface area contributed by atoms with Gasteiger partial charge in [0.25, 0.3) is 0 Å². The van der Waals surface area contributed by atoms with Crippen LogP contribution in [0, 0.1) is 5.92 Å². The highest BCUT2D eigenvalue weighted by Gasteiger charge is 2.25. The minimum Gasteiger partial charge on any atom is -0.390 e. The number of hydrogen-bond acceptors (Lipinski definition) is 2. The summed E-state index contributed by atoms with van der Waals surface area (Å²) in [4.78, 5) is 0. The second-order valence-corrected chi connectivity index (χ2v) is 4.63. The van der Waals surface area contributed by atoms with Crippen LogP contribution in [0.4, 0.5) is 0 Å². The molecule has 0 saturated heterocycles. The molecule has 0 amide bonds. The molecule has 2 atom stereocenters. The van der Waals surface area contributed by atoms with Crippen molar-refractivity contribution in [3.05, 3.63) is 33.8 Å². The summed E-state index contributed by atoms with van der Waals surface area (Å²) >= 11 is 11.8. The van der Waals surface area contributed by atoms with Gasteiger partial charge in [-0.3, -0.25) is 0 Å². The van der Waals surface area contributed by atoms with Crippen molar-refractivity contribution in [1.29, 1.82) is 0 Å². The maximum atomic E-state index is 9.90. The third-order valence-corrected chi connectivity index (χ3v) is 2.96. The summed E-state index contributed by atoms with van der Waals surface area (Å²) in [6.45, 7) is 3.64. The minimum absolute atomic E-state index is 0.0626. The van der Waals surface area contributed by atoms with Crippen molar-refractivity contribution in [3.8, 4) is 0 Å². The highest BCUT2D eigenvalue weighted by molar-refractivity contribution is 6.36. The molecule has 1 rings (SSSR count). The van der Waals surface area contributed by atoms with E-state index in [-0.39, 0.29) is 5.92 Å². The van der Waals surface area contributed by atoms with Gasteiger partial charge in [-0.2, -0.15) is 0 Å². The van der Waals surface area contributed by atoms with Gasteiger partial charge in [0.1, 0.15) is 6.10 Å². The Morgan fingerprint density at radius 3 is 1.93 bits per heavy atom. The lowest BCUT2D eigenvalue weighted by molar-refractivity contribution is -0.00928. The fraction of sp³-hybridized carbons (Fsp3) is 0.455. The number of halogens is 2. The van der Waals surface area contributed by atoms with Crippen LogP contribution in [0.15, 0.2) is 18.2 Å². The summed E-state index contributed by atoms with van der Waals surface area (Å²) in [5, 5.41) is 20.4. The molecule has 0 spiro atoms. The topological polar surface area (TPSA) is 40.5 Å². The van der Waals surface area contributed by atoms with Gasteiger partial charge in [-0.05, 0) is 18.1 Å². The largest absolute Gasteiger partial charge is 0.390 e. The molecule has 0 aromatic heterocycles. The first-order chi connectivity index (χ1) is 6.95. The SMILES string of the molecule is CC(C)C(O)[C@@H](O)c1c(Cl)cccc1Cl. The number of aliphatic hydroxyl groups is 2. The maximum absolute atomic E-state index is 9.90. The van der Waals surface area contributed by atoms with Gasteiger partial charge in [-0.25, -0.2) is 0 Å². The Morgan fingerprint density at radius 2 is 1.53 bits per heavy atom. The van der Waals surface area contributed by atoms with E-state index in [2.05, 4.69) is 0 Å². The van der Waals surface area contributed by atoms with Crippen LogP contribution in [0.2, 0.25) is 10.0 Å². The first-order valence-electron chi connectivity index (χ1n) is 4.75. The molecule has 1 unspecified atom stereocenters. The zero-order chi connectivity index (χ0) is 11.6. The molecule has 0 heterocycles. The van der Waals surface area contributed by atoms with Crippen LogP contribution < -0.4 is 0 Å². The van der Waals surface area contributed by atoms with E-state index >= 15 is 0 Å². The summed E-state index contributed by atoms with van der Waals surface area (Å²) in [6.07, 6.45) is -1.92. The predicted octanol–water partition coefficient (Wildman–Crippen LogP) is 3.04. The Hall–Kier alpha value is -0.280. The molecule has 2 nitrogen and oxygen atoms in total. The number of rotatable bonds is 3. The zero-order valence-corrected chi connectivity index (χ0v) is 10.1. The van der Waals surface area contributed by atoms with Gasteiger partial charge in [0, 0.05) is 15.6 Å². The van der Waals surface area contributed by atoms with Crippen molar-refractivity contribution in [2.75, 3.05) is 0 Å². The van der Waals surface area contributed by atoms with Crippen molar-refractivity contribution in [2.24, 2.45) is 5.92 Å². The molecule has 0 aliphatic carbocycles. The van der Waals surface area contributed by atoms with Gasteiger partial charge in [0.2, 0.25) is 0 Å². The molecule has 2 N–H and O–H groups in total. The van der Waals surface area contributed by atoms with Crippen LogP contribution in [0.3, 0.4) is 0 Å². The van der Waals surface area contributed by atoms with Gasteiger partial charge in [0.05, 0.1) is 6.10 Å². The monoisotopic (exact) mass is 248 g/mol. The van der Waals surface area contributed by atoms with Crippen molar-refractivity contribution in [3.63, 3.8) is 0 Å². The molecule has 0 aliphatic rings. The van der Waals surface area contributed by atoms with Crippen LogP contribution in [0.1, 0.15) is 25.5 Å². The molecule has 1 aromatic carbocycles. The van der Waals surface area contributed by atoms with E-state index in [1.807, 2.05) is 13.8 Å². The van der Waals surface area contributed by atoms with Crippen LogP contribution in [-0.2, 0) is 0 Å². The lowest BCUT2D eigenvalue weighted by Gasteiger charge is -2.22. The van der Waals surface area contributed by atoms with Crippen molar-refractivity contribution in [2.45, 2.75) is 26.1 Å². The lowest BCUT2D eigenvalue weighted by atomic mass is 9.96. The van der Waals surface area contributed by atoms with E-state index in [0.717, 1.165) is 0 Å². The van der Waals surface area contributed by atoms with E-state index in [4.69, 9.17) is 23.2 Å². The minimum atomic E-state index is -1.05. The number of benzene rings is 1. The summed E-state index contributed by atoms with van der Waals surface area (Å²) in [5.74, 6) is -0.0626. The Labute approximate surface area is 99.5 Å². The third-order valence-electron chi connectivity index (χ3n) is 2.30. The Morgan fingerprint density at radius 1 is 1.07 bits per heavy atom. The van der Waals surface area contributed by atoms with Crippen LogP contribution >= 0.6 is 23.2 Å². The van der Waals surface area contributed by atoms with E-state index in [0.29, 0.717) is 15.6 Å². The summed E-state index contributed by atoms with van der Waals surface area (Å²) < 4.78 is 0. The summed E-state index contributed by atoms with van der Waals surface area (Å²) in [7, 11) is 0. The lowest BCUT2D eigenvalue weighted by Crippen LogP contribution is -2.24. The zero-order valence-electron chi connectivity index (χ0n) is 8.61. The summed E-state index contributed by atoms with van der Waals surface area (Å²) in [5.41, 5.74) is 0.391. The number of aliphatic hydroxyl groups excluding tert-OH is 2. The highest BCUT2D eigenvalue weighted by Crippen LogP contribution is 2.33. The average Bonchev–Trinajstić information content (AvgIpc) is 2.15. The molecule has 0 radical (unpaired) electrons. The molecule has 1 aromatic rings. The van der Waals surface area contributed by atoms with Gasteiger partial charge in [-0.15, -0.1) is 0 Å². The van der Waals surface area contributed by atoms with E-state index in [1.165, 1.54) is 0 Å². The average molecular weight is 249 g/mol. The van der Waals surface area contributed by atoms with Crippen LogP contribution in [0.5, 0.6) is 0 Å². The molecule has 84 valence electrons. The summed E-state index contributed by atoms with van der Waals surface area (Å²) in [6, 6.07) is 4.97. The fourth-order valence-corrected chi connectivity index (χ4v) is 1.95. The molecular formula is C11H14Cl2O2. The van der Waals surface area contributed by atoms with Gasteiger partial charge in [-0.1, -0.05) is 43.1 Å². The first kappa shape index (κ1) is 12.8. The van der Waals surface area contributed by atoms with Crippen LogP contribution in [0.25, 0.3) is 0 Å². The quantitative estimate of drug-likeness (QED) is 0.864. The Kier molecular flexibility index (Phi) is 4.41. The molecular weight excluding hydrogens is 235 g/mol. The van der Waals surface area contributed by atoms with Gasteiger partial charge >= 0.3 is 0 Å². The molecule has 0 bridgehead atoms. The van der Waals surface area contributed by atoms with E-state index in [9.17, 15) is 10.2 Å². The second kappa shape index (κ2) is 5.17. The Bertz CT molecular complexity index is 319. The molecule has 0 saturated carbocycles. The normalized spacial score (nSPS) is 15.4. The van der Waals surface area contributed by atoms with Gasteiger partial charge in [0.15, 0.2) is 0 Å². The molecule has 4 heteroatoms. The first-order valence-corrected chi connectivity index (χ1v) is 5.50. The standard InChI is InChI=1S/C11H14Cl2O2/c1-6(2)10(14)11(15)9-7(12)4-3-5-8(9)13/h3-6,10-11,14-15H,1-2H3/t10?,11-/m0/s1. The predicted molar refractivity (Wildman–Crippen MR) is 62.3 cm³/mol. The molecule has 0 aliphatic heterocycles. The van der Waals surface area contributed by atoms with E-state index in [1.54, 1.807) is 18.2 Å². The van der Waals surface area contributed by atoms with Crippen LogP contribution in [-0.4, -0.2) is 16.3 Å². The molecule has 0 fully saturated rings. The van der Waals surface area contributed by atoms with Gasteiger partial charge < -0.3 is 10.2 Å². The van der Waals surface area contributed by atoms with Crippen molar-refractivity contribution >= 4 is 23.2 Å². The number of hydrogen-bond donors (Lipinski definition) is 2. The maximum Gasteiger partial charge on any atom is 0.108 e. The van der Waals surface area contributed by atoms with Crippen molar-refractivity contribution < 1.29 is 10.2 Å². The van der Waals surface area contributed by atoms with E-state index < -0.39 is 12.2 Å². The van der Waals surface area contributed by atoms with Crippen molar-refractivity contribution in [1.82, 2.24) is 0 Å². The Balaban J connectivity index is 3.05. The third kappa shape index (κ3) is 2.85. The molecule has 15 heavy (non-hydrogen) atoms. The highest BCUT2D eigenvalue weighted by atomic mass is 35.5. The smallest absolute Gasteiger partial charge is 0.108 e.